The first-order valence-electron chi connectivity index (χ1n) is 9.47. The first-order chi connectivity index (χ1) is 13.4. The zero-order valence-corrected chi connectivity index (χ0v) is 15.5. The largest absolute Gasteiger partial charge is 0.550 e. The molecule has 3 aliphatic rings. The quantitative estimate of drug-likeness (QED) is 0.770. The van der Waals surface area contributed by atoms with Crippen LogP contribution in [0.15, 0.2) is 66.8 Å². The third-order valence-corrected chi connectivity index (χ3v) is 6.26. The number of fused-ring (bicyclic) bond motifs is 2. The Bertz CT molecular complexity index is 1050. The summed E-state index contributed by atoms with van der Waals surface area (Å²) in [5.74, 6) is -3.20. The Labute approximate surface area is 162 Å². The minimum absolute atomic E-state index is 0.219. The van der Waals surface area contributed by atoms with Crippen LogP contribution in [0.2, 0.25) is 0 Å². The predicted octanol–water partition coefficient (Wildman–Crippen LogP) is 2.21. The molecule has 1 amide bonds. The van der Waals surface area contributed by atoms with Gasteiger partial charge < -0.3 is 19.5 Å². The molecule has 2 bridgehead atoms. The number of aliphatic carboxylic acids is 1. The van der Waals surface area contributed by atoms with E-state index in [4.69, 9.17) is 4.74 Å². The summed E-state index contributed by atoms with van der Waals surface area (Å²) in [7, 11) is 0. The fraction of sp³-hybridized carbons (Fsp3) is 0.304. The molecule has 2 saturated heterocycles. The average molecular weight is 374 g/mol. The molecule has 2 aromatic carbocycles. The summed E-state index contributed by atoms with van der Waals surface area (Å²) in [6.07, 6.45) is 3.57. The Hall–Kier alpha value is -2.92. The molecule has 0 radical (unpaired) electrons. The van der Waals surface area contributed by atoms with E-state index in [1.165, 1.54) is 0 Å². The molecule has 5 heteroatoms. The molecule has 2 aromatic rings. The number of carboxylic acids is 1. The molecule has 28 heavy (non-hydrogen) atoms. The van der Waals surface area contributed by atoms with Gasteiger partial charge in [0.25, 0.3) is 0 Å². The normalized spacial score (nSPS) is 32.9. The molecule has 0 aromatic heterocycles. The van der Waals surface area contributed by atoms with Crippen LogP contribution in [0.25, 0.3) is 10.8 Å². The first kappa shape index (κ1) is 17.2. The second-order valence-corrected chi connectivity index (χ2v) is 8.00. The lowest BCUT2D eigenvalue weighted by molar-refractivity contribution is -0.313. The molecular weight excluding hydrogens is 354 g/mol. The van der Waals surface area contributed by atoms with Gasteiger partial charge in [-0.05, 0) is 24.8 Å². The second-order valence-electron chi connectivity index (χ2n) is 8.00. The Morgan fingerprint density at radius 2 is 2.00 bits per heavy atom. The van der Waals surface area contributed by atoms with Gasteiger partial charge in [-0.15, -0.1) is 6.58 Å². The highest BCUT2D eigenvalue weighted by atomic mass is 16.5. The van der Waals surface area contributed by atoms with E-state index in [1.54, 1.807) is 11.0 Å². The predicted molar refractivity (Wildman–Crippen MR) is 103 cm³/mol. The maximum absolute atomic E-state index is 13.6. The molecule has 2 fully saturated rings. The summed E-state index contributed by atoms with van der Waals surface area (Å²) in [5, 5.41) is 13.8. The molecule has 0 saturated carbocycles. The highest BCUT2D eigenvalue weighted by molar-refractivity contribution is 6.09. The third kappa shape index (κ3) is 2.11. The molecule has 1 spiro atoms. The molecule has 3 heterocycles. The van der Waals surface area contributed by atoms with Crippen molar-refractivity contribution < 1.29 is 19.4 Å². The van der Waals surface area contributed by atoms with Crippen molar-refractivity contribution in [1.29, 1.82) is 0 Å². The van der Waals surface area contributed by atoms with Crippen LogP contribution in [0.3, 0.4) is 0 Å². The smallest absolute Gasteiger partial charge is 0.234 e. The summed E-state index contributed by atoms with van der Waals surface area (Å²) in [5.41, 5.74) is 0.730. The van der Waals surface area contributed by atoms with E-state index in [0.29, 0.717) is 6.42 Å². The van der Waals surface area contributed by atoms with Crippen molar-refractivity contribution in [3.8, 4) is 0 Å². The topological polar surface area (TPSA) is 69.7 Å². The summed E-state index contributed by atoms with van der Waals surface area (Å²) in [6.45, 7) is 5.95. The number of carboxylic acid groups (broad SMARTS) is 1. The van der Waals surface area contributed by atoms with Crippen molar-refractivity contribution in [1.82, 2.24) is 0 Å². The lowest BCUT2D eigenvalue weighted by Gasteiger charge is -2.34. The van der Waals surface area contributed by atoms with Crippen molar-refractivity contribution in [2.45, 2.75) is 31.1 Å². The van der Waals surface area contributed by atoms with Crippen LogP contribution in [0.1, 0.15) is 13.3 Å². The van der Waals surface area contributed by atoms with Gasteiger partial charge in [-0.2, -0.15) is 0 Å². The fourth-order valence-electron chi connectivity index (χ4n) is 5.20. The van der Waals surface area contributed by atoms with Gasteiger partial charge in [-0.25, -0.2) is 0 Å². The summed E-state index contributed by atoms with van der Waals surface area (Å²) in [6, 6.07) is 13.3. The highest BCUT2D eigenvalue weighted by Crippen LogP contribution is 2.57. The molecule has 0 N–H and O–H groups in total. The van der Waals surface area contributed by atoms with Gasteiger partial charge in [0, 0.05) is 17.3 Å². The maximum Gasteiger partial charge on any atom is 0.234 e. The zero-order chi connectivity index (χ0) is 19.6. The summed E-state index contributed by atoms with van der Waals surface area (Å²) < 4.78 is 6.17. The van der Waals surface area contributed by atoms with Gasteiger partial charge in [0.2, 0.25) is 5.91 Å². The number of amides is 1. The monoisotopic (exact) mass is 374 g/mol. The van der Waals surface area contributed by atoms with E-state index < -0.39 is 29.5 Å². The number of nitrogens with zero attached hydrogens (tertiary/aromatic N) is 1. The van der Waals surface area contributed by atoms with Crippen LogP contribution in [0.4, 0.5) is 5.69 Å². The minimum Gasteiger partial charge on any atom is -0.550 e. The van der Waals surface area contributed by atoms with Gasteiger partial charge in [-0.1, -0.05) is 54.1 Å². The van der Waals surface area contributed by atoms with Crippen LogP contribution in [-0.2, 0) is 14.3 Å². The van der Waals surface area contributed by atoms with Crippen molar-refractivity contribution >= 4 is 28.3 Å². The van der Waals surface area contributed by atoms with E-state index >= 15 is 0 Å². The molecular formula is C23H20NO4-. The van der Waals surface area contributed by atoms with Gasteiger partial charge in [0.15, 0.2) is 0 Å². The summed E-state index contributed by atoms with van der Waals surface area (Å²) in [4.78, 5) is 27.2. The van der Waals surface area contributed by atoms with Crippen molar-refractivity contribution in [3.63, 3.8) is 0 Å². The highest BCUT2D eigenvalue weighted by Gasteiger charge is 2.69. The number of anilines is 1. The van der Waals surface area contributed by atoms with Crippen LogP contribution in [-0.4, -0.2) is 29.6 Å². The third-order valence-electron chi connectivity index (χ3n) is 6.26. The Morgan fingerprint density at radius 1 is 1.25 bits per heavy atom. The van der Waals surface area contributed by atoms with E-state index in [1.807, 2.05) is 55.5 Å². The fourth-order valence-corrected chi connectivity index (χ4v) is 5.20. The van der Waals surface area contributed by atoms with Crippen LogP contribution in [0.5, 0.6) is 0 Å². The molecule has 5 nitrogen and oxygen atoms in total. The molecule has 0 unspecified atom stereocenters. The maximum atomic E-state index is 13.6. The van der Waals surface area contributed by atoms with E-state index in [0.717, 1.165) is 22.0 Å². The van der Waals surface area contributed by atoms with Gasteiger partial charge >= 0.3 is 0 Å². The van der Waals surface area contributed by atoms with Gasteiger partial charge in [-0.3, -0.25) is 4.79 Å². The number of hydrogen-bond acceptors (Lipinski definition) is 4. The van der Waals surface area contributed by atoms with E-state index in [-0.39, 0.29) is 11.9 Å². The number of hydrogen-bond donors (Lipinski definition) is 0. The number of carbonyl (C=O) groups excluding carboxylic acids is 2. The first-order valence-corrected chi connectivity index (χ1v) is 9.47. The lowest BCUT2D eigenvalue weighted by atomic mass is 9.74. The second kappa shape index (κ2) is 5.79. The summed E-state index contributed by atoms with van der Waals surface area (Å²) >= 11 is 0. The lowest BCUT2D eigenvalue weighted by Crippen LogP contribution is -2.46. The standard InChI is InChI=1S/C23H21NO4/c1-13(2)12-18-23-11-10-17(28-23)19(22(26)27)20(23)21(25)24(18)16-9-5-7-14-6-3-4-8-15(14)16/h3-11,17-20H,1,12H2,2H3,(H,26,27)/p-1/t17-,18-,19+,20-,23-/m1/s1. The van der Waals surface area contributed by atoms with Crippen LogP contribution < -0.4 is 10.0 Å². The Morgan fingerprint density at radius 3 is 2.75 bits per heavy atom. The number of carbonyl (C=O) groups is 2. The van der Waals surface area contributed by atoms with Crippen LogP contribution in [0, 0.1) is 11.8 Å². The Kier molecular flexibility index (Phi) is 3.55. The molecule has 5 atom stereocenters. The van der Waals surface area contributed by atoms with Crippen molar-refractivity contribution in [2.75, 3.05) is 4.90 Å². The molecule has 5 rings (SSSR count). The molecule has 0 aliphatic carbocycles. The SMILES string of the molecule is C=C(C)C[C@H]1N(c2cccc3ccccc23)C(=O)[C@H]2[C@@H](C(=O)[O-])[C@H]3C=C[C@]21O3. The number of rotatable bonds is 4. The number of ether oxygens (including phenoxy) is 1. The van der Waals surface area contributed by atoms with Crippen molar-refractivity contribution in [2.24, 2.45) is 11.8 Å². The van der Waals surface area contributed by atoms with E-state index in [9.17, 15) is 14.7 Å². The van der Waals surface area contributed by atoms with Crippen LogP contribution >= 0.6 is 0 Å². The Balaban J connectivity index is 1.71. The van der Waals surface area contributed by atoms with Crippen molar-refractivity contribution in [3.05, 3.63) is 66.8 Å². The number of benzene rings is 2. The van der Waals surface area contributed by atoms with Gasteiger partial charge in [0.05, 0.1) is 23.8 Å². The minimum atomic E-state index is -1.23. The van der Waals surface area contributed by atoms with Gasteiger partial charge in [0.1, 0.15) is 5.60 Å². The zero-order valence-electron chi connectivity index (χ0n) is 15.5. The molecule has 142 valence electrons. The average Bonchev–Trinajstić information content (AvgIpc) is 3.30. The van der Waals surface area contributed by atoms with E-state index in [2.05, 4.69) is 6.58 Å². The molecule has 3 aliphatic heterocycles.